The van der Waals surface area contributed by atoms with Crippen LogP contribution in [-0.2, 0) is 13.9 Å². The lowest BCUT2D eigenvalue weighted by atomic mass is 9.94. The molecule has 4 atom stereocenters. The molecule has 0 aromatic heterocycles. The zero-order chi connectivity index (χ0) is 26.0. The summed E-state index contributed by atoms with van der Waals surface area (Å²) in [6, 6.07) is 21.6. The maximum atomic E-state index is 11.0. The van der Waals surface area contributed by atoms with Gasteiger partial charge in [-0.05, 0) is 42.2 Å². The van der Waals surface area contributed by atoms with E-state index in [4.69, 9.17) is 13.9 Å². The molecule has 2 aliphatic rings. The predicted octanol–water partition coefficient (Wildman–Crippen LogP) is 4.32. The fourth-order valence-corrected chi connectivity index (χ4v) is 10.7. The van der Waals surface area contributed by atoms with Gasteiger partial charge in [0, 0.05) is 6.54 Å². The van der Waals surface area contributed by atoms with Gasteiger partial charge in [0.25, 0.3) is 8.32 Å². The van der Waals surface area contributed by atoms with E-state index < -0.39 is 20.2 Å². The first kappa shape index (κ1) is 27.5. The molecule has 2 heterocycles. The second-order valence-electron chi connectivity index (χ2n) is 11.9. The van der Waals surface area contributed by atoms with Crippen molar-refractivity contribution in [2.24, 2.45) is 0 Å². The van der Waals surface area contributed by atoms with Gasteiger partial charge in [-0.2, -0.15) is 0 Å². The number of nitrogens with zero attached hydrogens (tertiary/aromatic N) is 1. The first-order chi connectivity index (χ1) is 17.1. The van der Waals surface area contributed by atoms with Gasteiger partial charge in [-0.25, -0.2) is 0 Å². The summed E-state index contributed by atoms with van der Waals surface area (Å²) in [5, 5.41) is 13.4. The highest BCUT2D eigenvalue weighted by Crippen LogP contribution is 2.40. The van der Waals surface area contributed by atoms with Gasteiger partial charge in [0.15, 0.2) is 5.79 Å². The number of unbranched alkanes of at least 4 members (excludes halogenated alkanes) is 2. The Balaban J connectivity index is 1.72. The molecule has 198 valence electrons. The fourth-order valence-electron chi connectivity index (χ4n) is 6.09. The summed E-state index contributed by atoms with van der Waals surface area (Å²) >= 11 is 0. The van der Waals surface area contributed by atoms with Crippen molar-refractivity contribution in [1.82, 2.24) is 4.90 Å². The summed E-state index contributed by atoms with van der Waals surface area (Å²) < 4.78 is 20.0. The van der Waals surface area contributed by atoms with Crippen LogP contribution in [-0.4, -0.2) is 68.2 Å². The number of aliphatic hydroxyl groups excluding tert-OH is 1. The summed E-state index contributed by atoms with van der Waals surface area (Å²) in [6.45, 7) is 15.1. The first-order valence-corrected chi connectivity index (χ1v) is 15.5. The molecule has 36 heavy (non-hydrogen) atoms. The number of ether oxygens (including phenoxy) is 2. The van der Waals surface area contributed by atoms with Gasteiger partial charge in [-0.15, -0.1) is 0 Å². The van der Waals surface area contributed by atoms with E-state index in [0.29, 0.717) is 13.2 Å². The first-order valence-electron chi connectivity index (χ1n) is 13.6. The minimum absolute atomic E-state index is 0.0127. The predicted molar refractivity (Wildman–Crippen MR) is 148 cm³/mol. The topological polar surface area (TPSA) is 51.2 Å². The molecule has 0 unspecified atom stereocenters. The second kappa shape index (κ2) is 11.1. The average Bonchev–Trinajstić information content (AvgIpc) is 3.17. The number of piperidine rings is 1. The molecule has 2 aromatic rings. The van der Waals surface area contributed by atoms with Crippen molar-refractivity contribution in [3.05, 3.63) is 60.7 Å². The van der Waals surface area contributed by atoms with E-state index in [9.17, 15) is 5.11 Å². The minimum Gasteiger partial charge on any atom is -0.406 e. The number of rotatable bonds is 9. The Bertz CT molecular complexity index is 922. The fraction of sp³-hybridized carbons (Fsp3) is 0.600. The largest absolute Gasteiger partial charge is 0.406 e. The third-order valence-corrected chi connectivity index (χ3v) is 12.8. The molecule has 4 rings (SSSR count). The lowest BCUT2D eigenvalue weighted by Gasteiger charge is -2.47. The van der Waals surface area contributed by atoms with Crippen molar-refractivity contribution in [1.29, 1.82) is 0 Å². The van der Waals surface area contributed by atoms with Gasteiger partial charge in [0.2, 0.25) is 0 Å². The smallest absolute Gasteiger partial charge is 0.261 e. The third kappa shape index (κ3) is 5.49. The highest BCUT2D eigenvalue weighted by molar-refractivity contribution is 6.99. The average molecular weight is 512 g/mol. The molecule has 5 nitrogen and oxygen atoms in total. The second-order valence-corrected chi connectivity index (χ2v) is 16.2. The van der Waals surface area contributed by atoms with Crippen molar-refractivity contribution in [2.45, 2.75) is 96.0 Å². The van der Waals surface area contributed by atoms with Crippen molar-refractivity contribution in [2.75, 3.05) is 19.7 Å². The van der Waals surface area contributed by atoms with Crippen LogP contribution in [0.4, 0.5) is 0 Å². The van der Waals surface area contributed by atoms with Gasteiger partial charge in [-0.3, -0.25) is 4.90 Å². The Kier molecular flexibility index (Phi) is 8.44. The van der Waals surface area contributed by atoms with Gasteiger partial charge < -0.3 is 19.0 Å². The molecule has 0 aliphatic carbocycles. The standard InChI is InChI=1S/C30H45NO4Si/c1-7-8-15-20-31-21-26(32)28-27(34-30(5,6)35-28)25(31)22-33-36(29(2,3)4,23-16-11-9-12-17-23)24-18-13-10-14-19-24/h9-14,16-19,25-28,32H,7-8,15,20-22H2,1-6H3/t25-,26-,27+,28+/m0/s1. The number of likely N-dealkylation sites (tertiary alicyclic amines) is 1. The van der Waals surface area contributed by atoms with E-state index in [2.05, 4.69) is 93.3 Å². The summed E-state index contributed by atoms with van der Waals surface area (Å²) in [5.74, 6) is -0.717. The number of hydrogen-bond donors (Lipinski definition) is 1. The Labute approximate surface area is 218 Å². The SMILES string of the molecule is CCCCCN1C[C@H](O)[C@H]2OC(C)(C)O[C@@H]2[C@@H]1CO[Si](c1ccccc1)(c1ccccc1)C(C)(C)C. The summed E-state index contributed by atoms with van der Waals surface area (Å²) in [7, 11) is -2.68. The molecule has 2 aromatic carbocycles. The van der Waals surface area contributed by atoms with Crippen LogP contribution in [0.1, 0.15) is 60.8 Å². The number of hydrogen-bond acceptors (Lipinski definition) is 5. The van der Waals surface area contributed by atoms with Gasteiger partial charge in [0.1, 0.15) is 12.2 Å². The highest BCUT2D eigenvalue weighted by atomic mass is 28.4. The van der Waals surface area contributed by atoms with E-state index in [1.807, 2.05) is 13.8 Å². The van der Waals surface area contributed by atoms with E-state index >= 15 is 0 Å². The maximum Gasteiger partial charge on any atom is 0.261 e. The number of benzene rings is 2. The van der Waals surface area contributed by atoms with Crippen molar-refractivity contribution >= 4 is 18.7 Å². The van der Waals surface area contributed by atoms with E-state index in [-0.39, 0.29) is 23.3 Å². The van der Waals surface area contributed by atoms with Crippen LogP contribution < -0.4 is 10.4 Å². The van der Waals surface area contributed by atoms with E-state index in [1.54, 1.807) is 0 Å². The minimum atomic E-state index is -2.68. The summed E-state index contributed by atoms with van der Waals surface area (Å²) in [5.41, 5.74) is 0. The molecule has 0 bridgehead atoms. The molecule has 2 aliphatic heterocycles. The van der Waals surface area contributed by atoms with Crippen LogP contribution in [0.25, 0.3) is 0 Å². The van der Waals surface area contributed by atoms with Crippen LogP contribution in [0, 0.1) is 0 Å². The molecule has 0 spiro atoms. The molecular formula is C30H45NO4Si. The van der Waals surface area contributed by atoms with E-state index in [0.717, 1.165) is 19.4 Å². The van der Waals surface area contributed by atoms with Gasteiger partial charge >= 0.3 is 0 Å². The Morgan fingerprint density at radius 2 is 1.50 bits per heavy atom. The Morgan fingerprint density at radius 3 is 2.03 bits per heavy atom. The molecule has 0 radical (unpaired) electrons. The third-order valence-electron chi connectivity index (χ3n) is 7.75. The van der Waals surface area contributed by atoms with Crippen LogP contribution in [0.2, 0.25) is 5.04 Å². The normalized spacial score (nSPS) is 26.6. The van der Waals surface area contributed by atoms with E-state index in [1.165, 1.54) is 16.8 Å². The highest BCUT2D eigenvalue weighted by Gasteiger charge is 2.55. The summed E-state index contributed by atoms with van der Waals surface area (Å²) in [6.07, 6.45) is 2.30. The zero-order valence-corrected chi connectivity index (χ0v) is 23.9. The molecular weight excluding hydrogens is 466 g/mol. The van der Waals surface area contributed by atoms with Crippen LogP contribution in [0.5, 0.6) is 0 Å². The van der Waals surface area contributed by atoms with Crippen LogP contribution in [0.3, 0.4) is 0 Å². The van der Waals surface area contributed by atoms with Crippen LogP contribution in [0.15, 0.2) is 60.7 Å². The van der Waals surface area contributed by atoms with Crippen molar-refractivity contribution in [3.63, 3.8) is 0 Å². The maximum absolute atomic E-state index is 11.0. The lowest BCUT2D eigenvalue weighted by Crippen LogP contribution is -2.69. The number of β-amino-alcohol motifs (C(OH)–C–C–N with tert-alkyl or cyclic N) is 1. The molecule has 0 amide bonds. The van der Waals surface area contributed by atoms with Crippen LogP contribution >= 0.6 is 0 Å². The molecule has 2 fully saturated rings. The summed E-state index contributed by atoms with van der Waals surface area (Å²) in [4.78, 5) is 2.39. The van der Waals surface area contributed by atoms with Crippen molar-refractivity contribution in [3.8, 4) is 0 Å². The van der Waals surface area contributed by atoms with Crippen molar-refractivity contribution < 1.29 is 19.0 Å². The quantitative estimate of drug-likeness (QED) is 0.401. The Morgan fingerprint density at radius 1 is 0.944 bits per heavy atom. The van der Waals surface area contributed by atoms with Gasteiger partial charge in [0.05, 0.1) is 18.8 Å². The lowest BCUT2D eigenvalue weighted by molar-refractivity contribution is -0.153. The zero-order valence-electron chi connectivity index (χ0n) is 22.9. The molecule has 2 saturated heterocycles. The molecule has 6 heteroatoms. The monoisotopic (exact) mass is 511 g/mol. The number of aliphatic hydroxyl groups is 1. The molecule has 0 saturated carbocycles. The molecule has 1 N–H and O–H groups in total. The Hall–Kier alpha value is -1.54. The van der Waals surface area contributed by atoms with Gasteiger partial charge in [-0.1, -0.05) is 101 Å². The number of fused-ring (bicyclic) bond motifs is 1.